The number of hydrogen-bond donors (Lipinski definition) is 3. The Morgan fingerprint density at radius 1 is 1.20 bits per heavy atom. The predicted octanol–water partition coefficient (Wildman–Crippen LogP) is 1.99. The Hall–Kier alpha value is -3.50. The molecule has 1 aliphatic carbocycles. The molecule has 0 aliphatic heterocycles. The monoisotopic (exact) mass is 501 g/mol. The summed E-state index contributed by atoms with van der Waals surface area (Å²) in [7, 11) is 0. The van der Waals surface area contributed by atoms with Gasteiger partial charge in [-0.05, 0) is 31.4 Å². The highest BCUT2D eigenvalue weighted by Crippen LogP contribution is 2.25. The number of carbonyl (C=O) groups is 3. The van der Waals surface area contributed by atoms with Gasteiger partial charge in [0.05, 0.1) is 29.2 Å². The van der Waals surface area contributed by atoms with Crippen molar-refractivity contribution in [1.29, 1.82) is 0 Å². The second-order valence-electron chi connectivity index (χ2n) is 8.46. The van der Waals surface area contributed by atoms with Crippen LogP contribution in [0, 0.1) is 5.82 Å². The largest absolute Gasteiger partial charge is 0.391 e. The highest BCUT2D eigenvalue weighted by Gasteiger charge is 2.35. The van der Waals surface area contributed by atoms with Crippen LogP contribution in [-0.2, 0) is 22.7 Å². The first kappa shape index (κ1) is 24.6. The molecule has 1 heterocycles. The van der Waals surface area contributed by atoms with E-state index in [1.807, 2.05) is 0 Å². The molecule has 1 unspecified atom stereocenters. The zero-order valence-electron chi connectivity index (χ0n) is 18.8. The molecular formula is C24H25ClFN5O4. The topological polar surface area (TPSA) is 131 Å². The Bertz CT molecular complexity index is 1280. The molecule has 9 nitrogen and oxygen atoms in total. The van der Waals surface area contributed by atoms with E-state index < -0.39 is 35.7 Å². The number of aliphatic hydroxyl groups excluding tert-OH is 1. The number of para-hydroxylation sites is 1. The summed E-state index contributed by atoms with van der Waals surface area (Å²) in [6.07, 6.45) is 0.991. The van der Waals surface area contributed by atoms with Crippen molar-refractivity contribution in [3.8, 4) is 0 Å². The van der Waals surface area contributed by atoms with Crippen LogP contribution in [0.5, 0.6) is 0 Å². The molecule has 11 heteroatoms. The number of benzene rings is 2. The van der Waals surface area contributed by atoms with Crippen molar-refractivity contribution in [2.75, 3.05) is 6.54 Å². The molecule has 184 valence electrons. The number of nitrogens with zero attached hydrogens (tertiary/aromatic N) is 3. The first-order valence-electron chi connectivity index (χ1n) is 11.2. The van der Waals surface area contributed by atoms with Gasteiger partial charge in [-0.15, -0.1) is 0 Å². The maximum Gasteiger partial charge on any atom is 0.269 e. The molecule has 1 saturated carbocycles. The number of nitrogens with two attached hydrogens (primary N) is 1. The summed E-state index contributed by atoms with van der Waals surface area (Å²) in [5.41, 5.74) is 6.24. The summed E-state index contributed by atoms with van der Waals surface area (Å²) in [6, 6.07) is 10.8. The van der Waals surface area contributed by atoms with Crippen LogP contribution in [0.15, 0.2) is 42.5 Å². The summed E-state index contributed by atoms with van der Waals surface area (Å²) < 4.78 is 15.5. The Balaban J connectivity index is 1.52. The third-order valence-corrected chi connectivity index (χ3v) is 6.45. The van der Waals surface area contributed by atoms with E-state index in [4.69, 9.17) is 17.3 Å². The third kappa shape index (κ3) is 5.28. The lowest BCUT2D eigenvalue weighted by Gasteiger charge is -2.30. The minimum Gasteiger partial charge on any atom is -0.391 e. The van der Waals surface area contributed by atoms with E-state index in [1.54, 1.807) is 30.3 Å². The highest BCUT2D eigenvalue weighted by molar-refractivity contribution is 6.30. The molecule has 1 aromatic heterocycles. The van der Waals surface area contributed by atoms with E-state index in [2.05, 4.69) is 10.4 Å². The van der Waals surface area contributed by atoms with E-state index in [0.717, 1.165) is 0 Å². The predicted molar refractivity (Wildman–Crippen MR) is 127 cm³/mol. The maximum absolute atomic E-state index is 14.1. The van der Waals surface area contributed by atoms with E-state index in [-0.39, 0.29) is 35.9 Å². The Morgan fingerprint density at radius 3 is 2.69 bits per heavy atom. The summed E-state index contributed by atoms with van der Waals surface area (Å²) >= 11 is 5.79. The molecule has 1 aliphatic rings. The van der Waals surface area contributed by atoms with Gasteiger partial charge in [-0.25, -0.2) is 4.39 Å². The van der Waals surface area contributed by atoms with Gasteiger partial charge < -0.3 is 21.1 Å². The second kappa shape index (κ2) is 10.4. The van der Waals surface area contributed by atoms with Gasteiger partial charge in [0.2, 0.25) is 11.8 Å². The second-order valence-corrected chi connectivity index (χ2v) is 8.87. The van der Waals surface area contributed by atoms with Crippen LogP contribution in [0.1, 0.15) is 35.3 Å². The van der Waals surface area contributed by atoms with Gasteiger partial charge in [-0.1, -0.05) is 41.9 Å². The van der Waals surface area contributed by atoms with Crippen LogP contribution in [-0.4, -0.2) is 56.2 Å². The first-order chi connectivity index (χ1) is 16.8. The highest BCUT2D eigenvalue weighted by atomic mass is 35.5. The average Bonchev–Trinajstić information content (AvgIpc) is 3.42. The van der Waals surface area contributed by atoms with Gasteiger partial charge in [0, 0.05) is 17.5 Å². The molecule has 0 radical (unpaired) electrons. The Morgan fingerprint density at radius 2 is 1.97 bits per heavy atom. The number of amides is 3. The third-order valence-electron chi connectivity index (χ3n) is 6.16. The fourth-order valence-corrected chi connectivity index (χ4v) is 4.61. The van der Waals surface area contributed by atoms with Crippen LogP contribution in [0.3, 0.4) is 0 Å². The Kier molecular flexibility index (Phi) is 7.32. The minimum atomic E-state index is -0.771. The molecule has 2 aromatic carbocycles. The van der Waals surface area contributed by atoms with E-state index >= 15 is 0 Å². The summed E-state index contributed by atoms with van der Waals surface area (Å²) in [5, 5.41) is 17.7. The van der Waals surface area contributed by atoms with Crippen molar-refractivity contribution in [3.63, 3.8) is 0 Å². The van der Waals surface area contributed by atoms with Crippen molar-refractivity contribution in [3.05, 3.63) is 64.6 Å². The summed E-state index contributed by atoms with van der Waals surface area (Å²) in [6.45, 7) is -0.690. The fraction of sp³-hybridized carbons (Fsp3) is 0.333. The standard InChI is InChI=1S/C24H25ClFN5O4/c25-16-7-3-5-14(22(16)26)11-28-20(33)12-30(18-9-4-10-19(18)32)21(34)13-31-17-8-2-1-6-15(17)23(29-31)24(27)35/h1-3,5-8,18-19,32H,4,9-13H2,(H2,27,35)(H,28,33)/t18?,19-/m0/s1. The molecule has 35 heavy (non-hydrogen) atoms. The van der Waals surface area contributed by atoms with Crippen LogP contribution in [0.4, 0.5) is 4.39 Å². The molecule has 4 rings (SSSR count). The Labute approximate surface area is 205 Å². The number of nitrogens with one attached hydrogen (secondary N) is 1. The van der Waals surface area contributed by atoms with E-state index in [9.17, 15) is 23.9 Å². The lowest BCUT2D eigenvalue weighted by molar-refractivity contribution is -0.140. The fourth-order valence-electron chi connectivity index (χ4n) is 4.41. The molecule has 3 aromatic rings. The number of carbonyl (C=O) groups excluding carboxylic acids is 3. The molecule has 0 saturated heterocycles. The number of primary amides is 1. The number of rotatable bonds is 8. The number of fused-ring (bicyclic) bond motifs is 1. The van der Waals surface area contributed by atoms with Crippen molar-refractivity contribution < 1.29 is 23.9 Å². The van der Waals surface area contributed by atoms with Crippen LogP contribution < -0.4 is 11.1 Å². The molecule has 3 amide bonds. The zero-order chi connectivity index (χ0) is 25.1. The molecule has 0 bridgehead atoms. The van der Waals surface area contributed by atoms with Crippen molar-refractivity contribution in [2.24, 2.45) is 5.73 Å². The van der Waals surface area contributed by atoms with Crippen molar-refractivity contribution in [1.82, 2.24) is 20.0 Å². The number of halogens is 2. The van der Waals surface area contributed by atoms with Crippen LogP contribution in [0.25, 0.3) is 10.9 Å². The van der Waals surface area contributed by atoms with Gasteiger partial charge in [0.1, 0.15) is 12.4 Å². The maximum atomic E-state index is 14.1. The van der Waals surface area contributed by atoms with Gasteiger partial charge >= 0.3 is 0 Å². The number of aromatic nitrogens is 2. The number of hydrogen-bond acceptors (Lipinski definition) is 5. The first-order valence-corrected chi connectivity index (χ1v) is 11.6. The van der Waals surface area contributed by atoms with Crippen molar-refractivity contribution >= 4 is 40.2 Å². The molecule has 1 fully saturated rings. The summed E-state index contributed by atoms with van der Waals surface area (Å²) in [4.78, 5) is 39.2. The zero-order valence-corrected chi connectivity index (χ0v) is 19.5. The summed E-state index contributed by atoms with van der Waals surface area (Å²) in [5.74, 6) is -2.31. The molecule has 2 atom stereocenters. The van der Waals surface area contributed by atoms with Gasteiger partial charge in [0.25, 0.3) is 5.91 Å². The lowest BCUT2D eigenvalue weighted by atomic mass is 10.1. The lowest BCUT2D eigenvalue weighted by Crippen LogP contribution is -2.50. The SMILES string of the molecule is NC(=O)c1nn(CC(=O)N(CC(=O)NCc2cccc(Cl)c2F)C2CCC[C@@H]2O)c2ccccc12. The minimum absolute atomic E-state index is 0.0437. The van der Waals surface area contributed by atoms with Crippen LogP contribution >= 0.6 is 11.6 Å². The molecule has 4 N–H and O–H groups in total. The van der Waals surface area contributed by atoms with Gasteiger partial charge in [0.15, 0.2) is 5.69 Å². The van der Waals surface area contributed by atoms with Crippen LogP contribution in [0.2, 0.25) is 5.02 Å². The smallest absolute Gasteiger partial charge is 0.269 e. The van der Waals surface area contributed by atoms with Crippen molar-refractivity contribution in [2.45, 2.75) is 44.5 Å². The average molecular weight is 502 g/mol. The van der Waals surface area contributed by atoms with E-state index in [0.29, 0.717) is 30.2 Å². The molecule has 0 spiro atoms. The van der Waals surface area contributed by atoms with E-state index in [1.165, 1.54) is 21.7 Å². The number of aliphatic hydroxyl groups is 1. The van der Waals surface area contributed by atoms with Gasteiger partial charge in [-0.3, -0.25) is 19.1 Å². The van der Waals surface area contributed by atoms with Gasteiger partial charge in [-0.2, -0.15) is 5.10 Å². The normalized spacial score (nSPS) is 17.5. The molecular weight excluding hydrogens is 477 g/mol. The quantitative estimate of drug-likeness (QED) is 0.434.